The van der Waals surface area contributed by atoms with E-state index in [4.69, 9.17) is 4.74 Å². The van der Waals surface area contributed by atoms with Crippen LogP contribution >= 0.6 is 11.3 Å². The summed E-state index contributed by atoms with van der Waals surface area (Å²) in [6.45, 7) is 8.43. The summed E-state index contributed by atoms with van der Waals surface area (Å²) >= 11 is 1.43. The lowest BCUT2D eigenvalue weighted by Gasteiger charge is -2.33. The fourth-order valence-electron chi connectivity index (χ4n) is 2.48. The van der Waals surface area contributed by atoms with E-state index in [-0.39, 0.29) is 12.0 Å². The first-order valence-corrected chi connectivity index (χ1v) is 8.27. The van der Waals surface area contributed by atoms with Crippen molar-refractivity contribution in [1.82, 2.24) is 9.88 Å². The van der Waals surface area contributed by atoms with Gasteiger partial charge in [0.25, 0.3) is 5.91 Å². The summed E-state index contributed by atoms with van der Waals surface area (Å²) in [5.41, 5.74) is 2.58. The van der Waals surface area contributed by atoms with Gasteiger partial charge >= 0.3 is 0 Å². The van der Waals surface area contributed by atoms with Crippen LogP contribution in [0.25, 0.3) is 0 Å². The minimum Gasteiger partial charge on any atom is -0.375 e. The van der Waals surface area contributed by atoms with Crippen molar-refractivity contribution in [2.45, 2.75) is 46.1 Å². The summed E-state index contributed by atoms with van der Waals surface area (Å²) in [4.78, 5) is 19.3. The van der Waals surface area contributed by atoms with Crippen LogP contribution in [0.3, 0.4) is 0 Å². The monoisotopic (exact) mass is 296 g/mol. The van der Waals surface area contributed by atoms with Gasteiger partial charge in [0.1, 0.15) is 4.88 Å². The van der Waals surface area contributed by atoms with Crippen molar-refractivity contribution in [2.75, 3.05) is 19.7 Å². The van der Waals surface area contributed by atoms with Crippen molar-refractivity contribution in [3.63, 3.8) is 0 Å². The average molecular weight is 296 g/mol. The van der Waals surface area contributed by atoms with Crippen LogP contribution in [-0.4, -0.2) is 41.6 Å². The van der Waals surface area contributed by atoms with E-state index in [1.165, 1.54) is 24.2 Å². The highest BCUT2D eigenvalue weighted by molar-refractivity contribution is 7.11. The number of aryl methyl sites for hydroxylation is 1. The molecule has 1 aromatic heterocycles. The molecule has 1 aromatic rings. The molecule has 0 radical (unpaired) electrons. The molecule has 2 heterocycles. The van der Waals surface area contributed by atoms with Gasteiger partial charge in [-0.2, -0.15) is 0 Å². The van der Waals surface area contributed by atoms with Crippen LogP contribution in [0.4, 0.5) is 0 Å². The molecule has 5 heteroatoms. The molecule has 0 aromatic carbocycles. The van der Waals surface area contributed by atoms with Gasteiger partial charge in [0.2, 0.25) is 0 Å². The Morgan fingerprint density at radius 2 is 2.40 bits per heavy atom. The number of carbonyl (C=O) groups is 1. The number of carbonyl (C=O) groups excluding carboxylic acids is 1. The smallest absolute Gasteiger partial charge is 0.266 e. The van der Waals surface area contributed by atoms with Gasteiger partial charge in [0.15, 0.2) is 0 Å². The maximum absolute atomic E-state index is 12.5. The quantitative estimate of drug-likeness (QED) is 0.838. The van der Waals surface area contributed by atoms with Crippen molar-refractivity contribution in [2.24, 2.45) is 5.92 Å². The highest BCUT2D eigenvalue weighted by Crippen LogP contribution is 2.19. The van der Waals surface area contributed by atoms with Crippen LogP contribution in [-0.2, 0) is 4.74 Å². The molecule has 0 unspecified atom stereocenters. The molecular weight excluding hydrogens is 272 g/mol. The van der Waals surface area contributed by atoms with Gasteiger partial charge in [-0.15, -0.1) is 11.3 Å². The Morgan fingerprint density at radius 3 is 3.05 bits per heavy atom. The Hall–Kier alpha value is -0.940. The Kier molecular flexibility index (Phi) is 5.54. The number of ether oxygens (including phenoxy) is 1. The zero-order valence-electron chi connectivity index (χ0n) is 12.6. The van der Waals surface area contributed by atoms with E-state index < -0.39 is 0 Å². The molecule has 0 N–H and O–H groups in total. The van der Waals surface area contributed by atoms with Crippen molar-refractivity contribution in [3.05, 3.63) is 16.1 Å². The van der Waals surface area contributed by atoms with Crippen LogP contribution < -0.4 is 0 Å². The molecule has 1 fully saturated rings. The Labute approximate surface area is 125 Å². The van der Waals surface area contributed by atoms with Crippen molar-refractivity contribution < 1.29 is 9.53 Å². The molecule has 0 saturated carbocycles. The molecule has 1 atom stereocenters. The Morgan fingerprint density at radius 1 is 1.60 bits per heavy atom. The number of morpholine rings is 1. The number of hydrogen-bond donors (Lipinski definition) is 0. The van der Waals surface area contributed by atoms with Crippen LogP contribution in [0.5, 0.6) is 0 Å². The minimum absolute atomic E-state index is 0.113. The number of thiazole rings is 1. The third-order valence-corrected chi connectivity index (χ3v) is 4.59. The van der Waals surface area contributed by atoms with Crippen molar-refractivity contribution in [1.29, 1.82) is 0 Å². The van der Waals surface area contributed by atoms with Gasteiger partial charge < -0.3 is 9.64 Å². The summed E-state index contributed by atoms with van der Waals surface area (Å²) < 4.78 is 5.78. The summed E-state index contributed by atoms with van der Waals surface area (Å²) in [5.74, 6) is 0.846. The van der Waals surface area contributed by atoms with E-state index in [1.54, 1.807) is 5.51 Å². The van der Waals surface area contributed by atoms with Crippen LogP contribution in [0.1, 0.15) is 48.5 Å². The second-order valence-electron chi connectivity index (χ2n) is 5.84. The SMILES string of the molecule is Cc1ncsc1C(=O)N1CCO[C@H](CCCC(C)C)C1. The number of aromatic nitrogens is 1. The summed E-state index contributed by atoms with van der Waals surface area (Å²) in [6, 6.07) is 0. The number of amides is 1. The maximum atomic E-state index is 12.5. The Balaban J connectivity index is 1.87. The molecule has 0 bridgehead atoms. The highest BCUT2D eigenvalue weighted by atomic mass is 32.1. The van der Waals surface area contributed by atoms with E-state index >= 15 is 0 Å². The van der Waals surface area contributed by atoms with Crippen molar-refractivity contribution >= 4 is 17.2 Å². The van der Waals surface area contributed by atoms with Crippen molar-refractivity contribution in [3.8, 4) is 0 Å². The first-order valence-electron chi connectivity index (χ1n) is 7.39. The van der Waals surface area contributed by atoms with E-state index in [1.807, 2.05) is 11.8 Å². The molecule has 2 rings (SSSR count). The maximum Gasteiger partial charge on any atom is 0.266 e. The first kappa shape index (κ1) is 15.4. The summed E-state index contributed by atoms with van der Waals surface area (Å²) in [6.07, 6.45) is 3.63. The lowest BCUT2D eigenvalue weighted by molar-refractivity contribution is -0.0258. The van der Waals surface area contributed by atoms with Gasteiger partial charge in [0, 0.05) is 13.1 Å². The highest BCUT2D eigenvalue weighted by Gasteiger charge is 2.26. The molecule has 0 aliphatic carbocycles. The largest absolute Gasteiger partial charge is 0.375 e. The fourth-order valence-corrected chi connectivity index (χ4v) is 3.25. The molecular formula is C15H24N2O2S. The van der Waals surface area contributed by atoms with E-state index in [9.17, 15) is 4.79 Å². The summed E-state index contributed by atoms with van der Waals surface area (Å²) in [5, 5.41) is 0. The van der Waals surface area contributed by atoms with Crippen LogP contribution in [0, 0.1) is 12.8 Å². The number of nitrogens with zero attached hydrogens (tertiary/aromatic N) is 2. The van der Waals surface area contributed by atoms with Gasteiger partial charge in [-0.25, -0.2) is 4.98 Å². The van der Waals surface area contributed by atoms with Gasteiger partial charge in [0.05, 0.1) is 23.9 Å². The standard InChI is InChI=1S/C15H24N2O2S/c1-11(2)5-4-6-13-9-17(7-8-19-13)15(18)14-12(3)16-10-20-14/h10-11,13H,4-9H2,1-3H3/t13-/m1/s1. The topological polar surface area (TPSA) is 42.4 Å². The molecule has 1 aliphatic heterocycles. The predicted octanol–water partition coefficient (Wildman–Crippen LogP) is 3.12. The van der Waals surface area contributed by atoms with Crippen LogP contribution in [0.2, 0.25) is 0 Å². The second kappa shape index (κ2) is 7.18. The average Bonchev–Trinajstić information content (AvgIpc) is 2.84. The first-order chi connectivity index (χ1) is 9.58. The molecule has 1 saturated heterocycles. The third kappa shape index (κ3) is 4.03. The lowest BCUT2D eigenvalue weighted by Crippen LogP contribution is -2.45. The van der Waals surface area contributed by atoms with Gasteiger partial charge in [-0.3, -0.25) is 4.79 Å². The van der Waals surface area contributed by atoms with E-state index in [0.717, 1.165) is 22.9 Å². The van der Waals surface area contributed by atoms with Gasteiger partial charge in [-0.05, 0) is 19.3 Å². The zero-order valence-corrected chi connectivity index (χ0v) is 13.4. The van der Waals surface area contributed by atoms with E-state index in [2.05, 4.69) is 18.8 Å². The van der Waals surface area contributed by atoms with Crippen LogP contribution in [0.15, 0.2) is 5.51 Å². The fraction of sp³-hybridized carbons (Fsp3) is 0.733. The Bertz CT molecular complexity index is 445. The molecule has 1 amide bonds. The zero-order chi connectivity index (χ0) is 14.5. The second-order valence-corrected chi connectivity index (χ2v) is 6.69. The van der Waals surface area contributed by atoms with Gasteiger partial charge in [-0.1, -0.05) is 26.7 Å². The lowest BCUT2D eigenvalue weighted by atomic mass is 10.0. The predicted molar refractivity (Wildman–Crippen MR) is 81.2 cm³/mol. The molecule has 1 aliphatic rings. The summed E-state index contributed by atoms with van der Waals surface area (Å²) in [7, 11) is 0. The normalized spacial score (nSPS) is 19.6. The molecule has 0 spiro atoms. The number of hydrogen-bond acceptors (Lipinski definition) is 4. The molecule has 20 heavy (non-hydrogen) atoms. The third-order valence-electron chi connectivity index (χ3n) is 3.67. The molecule has 4 nitrogen and oxygen atoms in total. The molecule has 112 valence electrons. The number of rotatable bonds is 5. The minimum atomic E-state index is 0.113. The van der Waals surface area contributed by atoms with E-state index in [0.29, 0.717) is 19.7 Å².